The molecule has 0 bridgehead atoms. The van der Waals surface area contributed by atoms with E-state index in [2.05, 4.69) is 21.2 Å². The number of urea groups is 1. The van der Waals surface area contributed by atoms with E-state index in [-0.39, 0.29) is 0 Å². The van der Waals surface area contributed by atoms with Crippen molar-refractivity contribution in [1.29, 1.82) is 0 Å². The normalized spacial score (nSPS) is 18.2. The van der Waals surface area contributed by atoms with Crippen LogP contribution >= 0.6 is 15.9 Å². The third kappa shape index (κ3) is 2.14. The molecule has 0 unspecified atom stereocenters. The minimum Gasteiger partial charge on any atom is -0.276 e. The summed E-state index contributed by atoms with van der Waals surface area (Å²) in [5.74, 6) is -1.09. The van der Waals surface area contributed by atoms with Crippen molar-refractivity contribution in [3.05, 3.63) is 27.7 Å². The lowest BCUT2D eigenvalue weighted by atomic mass is 9.88. The summed E-state index contributed by atoms with van der Waals surface area (Å²) < 4.78 is 0.872. The number of nitrogens with zero attached hydrogens (tertiary/aromatic N) is 1. The average molecular weight is 339 g/mol. The van der Waals surface area contributed by atoms with Crippen LogP contribution in [0, 0.1) is 19.3 Å². The second kappa shape index (κ2) is 4.70. The number of hydrogen-bond acceptors (Lipinski definition) is 3. The Morgan fingerprint density at radius 3 is 2.10 bits per heavy atom. The first-order chi connectivity index (χ1) is 9.16. The molecule has 1 aliphatic heterocycles. The second-order valence-corrected chi connectivity index (χ2v) is 6.33. The molecule has 0 saturated carbocycles. The molecule has 1 heterocycles. The van der Waals surface area contributed by atoms with Crippen molar-refractivity contribution in [2.45, 2.75) is 27.7 Å². The van der Waals surface area contributed by atoms with Crippen molar-refractivity contribution in [3.8, 4) is 0 Å². The van der Waals surface area contributed by atoms with Gasteiger partial charge in [0.05, 0.1) is 5.69 Å². The molecule has 0 spiro atoms. The quantitative estimate of drug-likeness (QED) is 0.800. The van der Waals surface area contributed by atoms with Gasteiger partial charge in [-0.05, 0) is 51.0 Å². The predicted octanol–water partition coefficient (Wildman–Crippen LogP) is 2.67. The van der Waals surface area contributed by atoms with E-state index >= 15 is 0 Å². The second-order valence-electron chi connectivity index (χ2n) is 5.41. The molecular formula is C14H15BrN2O3. The summed E-state index contributed by atoms with van der Waals surface area (Å²) in [6, 6.07) is 2.95. The number of amides is 4. The molecule has 1 fully saturated rings. The van der Waals surface area contributed by atoms with E-state index in [1.54, 1.807) is 0 Å². The van der Waals surface area contributed by atoms with Gasteiger partial charge in [0.25, 0.3) is 0 Å². The first kappa shape index (κ1) is 14.7. The number of aryl methyl sites for hydroxylation is 2. The van der Waals surface area contributed by atoms with Gasteiger partial charge in [-0.15, -0.1) is 0 Å². The number of hydrogen-bond donors (Lipinski definition) is 1. The highest BCUT2D eigenvalue weighted by Gasteiger charge is 2.48. The molecule has 6 heteroatoms. The van der Waals surface area contributed by atoms with Crippen LogP contribution in [0.25, 0.3) is 0 Å². The van der Waals surface area contributed by atoms with Crippen LogP contribution in [0.3, 0.4) is 0 Å². The number of anilines is 1. The largest absolute Gasteiger partial charge is 0.335 e. The van der Waals surface area contributed by atoms with Crippen LogP contribution in [-0.4, -0.2) is 17.8 Å². The number of nitrogens with one attached hydrogen (secondary N) is 1. The van der Waals surface area contributed by atoms with Crippen molar-refractivity contribution in [3.63, 3.8) is 0 Å². The third-order valence-corrected chi connectivity index (χ3v) is 3.87. The maximum absolute atomic E-state index is 12.5. The number of carbonyl (C=O) groups is 3. The molecule has 0 radical (unpaired) electrons. The van der Waals surface area contributed by atoms with Gasteiger partial charge in [0.1, 0.15) is 5.41 Å². The zero-order chi connectivity index (χ0) is 15.2. The Balaban J connectivity index is 2.60. The summed E-state index contributed by atoms with van der Waals surface area (Å²) in [6.07, 6.45) is 0. The van der Waals surface area contributed by atoms with Crippen molar-refractivity contribution in [2.75, 3.05) is 4.90 Å². The van der Waals surface area contributed by atoms with Crippen molar-refractivity contribution in [2.24, 2.45) is 5.41 Å². The maximum atomic E-state index is 12.5. The minimum absolute atomic E-state index is 0.514. The zero-order valence-corrected chi connectivity index (χ0v) is 13.3. The molecule has 1 saturated heterocycles. The van der Waals surface area contributed by atoms with Crippen LogP contribution in [0.5, 0.6) is 0 Å². The molecule has 0 aliphatic carbocycles. The Morgan fingerprint density at radius 1 is 1.10 bits per heavy atom. The molecule has 5 nitrogen and oxygen atoms in total. The summed E-state index contributed by atoms with van der Waals surface area (Å²) in [4.78, 5) is 37.3. The van der Waals surface area contributed by atoms with Gasteiger partial charge in [-0.1, -0.05) is 15.9 Å². The highest BCUT2D eigenvalue weighted by molar-refractivity contribution is 9.10. The predicted molar refractivity (Wildman–Crippen MR) is 78.4 cm³/mol. The molecule has 1 N–H and O–H groups in total. The number of halogens is 1. The molecule has 1 aromatic rings. The highest BCUT2D eigenvalue weighted by Crippen LogP contribution is 2.34. The van der Waals surface area contributed by atoms with E-state index in [1.165, 1.54) is 13.8 Å². The Morgan fingerprint density at radius 2 is 1.60 bits per heavy atom. The van der Waals surface area contributed by atoms with Gasteiger partial charge >= 0.3 is 6.03 Å². The summed E-state index contributed by atoms with van der Waals surface area (Å²) in [5.41, 5.74) is 0.826. The van der Waals surface area contributed by atoms with E-state index in [0.717, 1.165) is 20.5 Å². The summed E-state index contributed by atoms with van der Waals surface area (Å²) in [5, 5.41) is 2.23. The number of rotatable bonds is 1. The molecule has 20 heavy (non-hydrogen) atoms. The maximum Gasteiger partial charge on any atom is 0.335 e. The fraction of sp³-hybridized carbons (Fsp3) is 0.357. The van der Waals surface area contributed by atoms with E-state index in [0.29, 0.717) is 5.69 Å². The Labute approximate surface area is 125 Å². The van der Waals surface area contributed by atoms with Crippen molar-refractivity contribution < 1.29 is 14.4 Å². The topological polar surface area (TPSA) is 66.5 Å². The van der Waals surface area contributed by atoms with Gasteiger partial charge in [-0.2, -0.15) is 0 Å². The summed E-state index contributed by atoms with van der Waals surface area (Å²) >= 11 is 3.38. The summed E-state index contributed by atoms with van der Waals surface area (Å²) in [7, 11) is 0. The number of imide groups is 2. The molecular weight excluding hydrogens is 324 g/mol. The molecule has 2 rings (SSSR count). The van der Waals surface area contributed by atoms with E-state index < -0.39 is 23.3 Å². The van der Waals surface area contributed by atoms with Gasteiger partial charge in [0.2, 0.25) is 11.8 Å². The lowest BCUT2D eigenvalue weighted by Crippen LogP contribution is -2.62. The summed E-state index contributed by atoms with van der Waals surface area (Å²) in [6.45, 7) is 6.65. The minimum atomic E-state index is -1.26. The van der Waals surface area contributed by atoms with Crippen LogP contribution in [-0.2, 0) is 9.59 Å². The lowest BCUT2D eigenvalue weighted by Gasteiger charge is -2.35. The van der Waals surface area contributed by atoms with E-state index in [4.69, 9.17) is 0 Å². The van der Waals surface area contributed by atoms with Crippen molar-refractivity contribution in [1.82, 2.24) is 5.32 Å². The number of barbiturate groups is 1. The fourth-order valence-electron chi connectivity index (χ4n) is 2.24. The van der Waals surface area contributed by atoms with Gasteiger partial charge in [0.15, 0.2) is 0 Å². The molecule has 1 aromatic carbocycles. The molecule has 106 valence electrons. The van der Waals surface area contributed by atoms with Crippen LogP contribution in [0.15, 0.2) is 16.6 Å². The van der Waals surface area contributed by atoms with E-state index in [1.807, 2.05) is 26.0 Å². The first-order valence-electron chi connectivity index (χ1n) is 6.13. The van der Waals surface area contributed by atoms with Gasteiger partial charge in [-0.3, -0.25) is 14.9 Å². The van der Waals surface area contributed by atoms with Crippen LogP contribution in [0.4, 0.5) is 10.5 Å². The molecule has 0 aromatic heterocycles. The zero-order valence-electron chi connectivity index (χ0n) is 11.7. The highest BCUT2D eigenvalue weighted by atomic mass is 79.9. The standard InChI is InChI=1S/C14H15BrN2O3/c1-7-5-9(15)6-8(2)10(7)17-12(19)14(3,4)11(18)16-13(17)20/h5-6H,1-4H3,(H,16,18,20). The van der Waals surface area contributed by atoms with Crippen LogP contribution in [0.2, 0.25) is 0 Å². The number of carbonyl (C=O) groups excluding carboxylic acids is 3. The molecule has 4 amide bonds. The smallest absolute Gasteiger partial charge is 0.276 e. The average Bonchev–Trinajstić information content (AvgIpc) is 2.30. The third-order valence-electron chi connectivity index (χ3n) is 3.41. The van der Waals surface area contributed by atoms with Crippen LogP contribution < -0.4 is 10.2 Å². The molecule has 0 atom stereocenters. The lowest BCUT2D eigenvalue weighted by molar-refractivity contribution is -0.140. The van der Waals surface area contributed by atoms with Crippen molar-refractivity contribution >= 4 is 39.5 Å². The fourth-order valence-corrected chi connectivity index (χ4v) is 2.92. The monoisotopic (exact) mass is 338 g/mol. The van der Waals surface area contributed by atoms with Gasteiger partial charge in [0, 0.05) is 4.47 Å². The molecule has 1 aliphatic rings. The Hall–Kier alpha value is -1.69. The van der Waals surface area contributed by atoms with Crippen LogP contribution in [0.1, 0.15) is 25.0 Å². The Bertz CT molecular complexity index is 614. The number of benzene rings is 1. The Kier molecular flexibility index (Phi) is 3.46. The SMILES string of the molecule is Cc1cc(Br)cc(C)c1N1C(=O)NC(=O)C(C)(C)C1=O. The first-order valence-corrected chi connectivity index (χ1v) is 6.92. The van der Waals surface area contributed by atoms with Gasteiger partial charge in [-0.25, -0.2) is 9.69 Å². The van der Waals surface area contributed by atoms with Gasteiger partial charge < -0.3 is 0 Å². The van der Waals surface area contributed by atoms with E-state index in [9.17, 15) is 14.4 Å².